The van der Waals surface area contributed by atoms with Crippen LogP contribution in [0.4, 0.5) is 0 Å². The van der Waals surface area contributed by atoms with Crippen molar-refractivity contribution in [3.63, 3.8) is 0 Å². The number of ether oxygens (including phenoxy) is 1. The third-order valence-corrected chi connectivity index (χ3v) is 2.76. The summed E-state index contributed by atoms with van der Waals surface area (Å²) in [5.74, 6) is 0.0513. The maximum atomic E-state index is 11.6. The van der Waals surface area contributed by atoms with E-state index in [4.69, 9.17) is 4.74 Å². The molecular weight excluding hydrogens is 246 g/mol. The van der Waals surface area contributed by atoms with Gasteiger partial charge in [-0.05, 0) is 24.6 Å². The molecule has 0 atom stereocenters. The zero-order chi connectivity index (χ0) is 13.7. The molecule has 2 rings (SSSR count). The highest BCUT2D eigenvalue weighted by molar-refractivity contribution is 5.80. The number of nitrogens with zero attached hydrogens (tertiary/aromatic N) is 1. The molecule has 0 unspecified atom stereocenters. The monoisotopic (exact) mass is 261 g/mol. The van der Waals surface area contributed by atoms with E-state index < -0.39 is 5.63 Å². The summed E-state index contributed by atoms with van der Waals surface area (Å²) in [7, 11) is 0. The highest BCUT2D eigenvalue weighted by atomic mass is 16.5. The molecule has 0 radical (unpaired) electrons. The standard InChI is InChI=1S/C14H15NO4/c1-2-3-4-5-13(16)19-10-6-7-12-11(8-10)14(17)18-9-15-12/h6-9H,2-5H2,1H3. The maximum absolute atomic E-state index is 11.6. The van der Waals surface area contributed by atoms with E-state index in [0.29, 0.717) is 23.1 Å². The van der Waals surface area contributed by atoms with Crippen molar-refractivity contribution < 1.29 is 13.9 Å². The van der Waals surface area contributed by atoms with Crippen LogP contribution in [0.3, 0.4) is 0 Å². The number of aromatic nitrogens is 1. The van der Waals surface area contributed by atoms with Crippen molar-refractivity contribution in [1.29, 1.82) is 0 Å². The minimum atomic E-state index is -0.492. The fraction of sp³-hybridized carbons (Fsp3) is 0.357. The molecule has 100 valence electrons. The predicted octanol–water partition coefficient (Wildman–Crippen LogP) is 2.67. The summed E-state index contributed by atoms with van der Waals surface area (Å²) >= 11 is 0. The maximum Gasteiger partial charge on any atom is 0.346 e. The van der Waals surface area contributed by atoms with Crippen LogP contribution in [0.15, 0.2) is 33.8 Å². The Morgan fingerprint density at radius 1 is 1.37 bits per heavy atom. The molecule has 0 amide bonds. The number of carbonyl (C=O) groups is 1. The summed E-state index contributed by atoms with van der Waals surface area (Å²) in [4.78, 5) is 27.0. The van der Waals surface area contributed by atoms with E-state index in [1.165, 1.54) is 6.07 Å². The lowest BCUT2D eigenvalue weighted by molar-refractivity contribution is -0.134. The van der Waals surface area contributed by atoms with E-state index in [1.807, 2.05) is 0 Å². The van der Waals surface area contributed by atoms with Crippen molar-refractivity contribution >= 4 is 16.9 Å². The van der Waals surface area contributed by atoms with Gasteiger partial charge in [0.1, 0.15) is 5.75 Å². The number of carbonyl (C=O) groups excluding carboxylic acids is 1. The fourth-order valence-electron chi connectivity index (χ4n) is 1.75. The molecule has 0 aliphatic heterocycles. The molecular formula is C14H15NO4. The molecule has 0 spiro atoms. The largest absolute Gasteiger partial charge is 0.427 e. The predicted molar refractivity (Wildman–Crippen MR) is 70.1 cm³/mol. The minimum Gasteiger partial charge on any atom is -0.427 e. The highest BCUT2D eigenvalue weighted by Crippen LogP contribution is 2.17. The number of unbranched alkanes of at least 4 members (excludes halogenated alkanes) is 2. The number of rotatable bonds is 5. The molecule has 0 saturated carbocycles. The topological polar surface area (TPSA) is 69.4 Å². The van der Waals surface area contributed by atoms with Gasteiger partial charge in [0, 0.05) is 6.42 Å². The van der Waals surface area contributed by atoms with Gasteiger partial charge in [-0.3, -0.25) is 4.79 Å². The van der Waals surface area contributed by atoms with Crippen molar-refractivity contribution in [3.05, 3.63) is 35.0 Å². The zero-order valence-corrected chi connectivity index (χ0v) is 10.7. The van der Waals surface area contributed by atoms with Crippen molar-refractivity contribution in [2.24, 2.45) is 0 Å². The lowest BCUT2D eigenvalue weighted by Crippen LogP contribution is -2.08. The van der Waals surface area contributed by atoms with Gasteiger partial charge in [-0.2, -0.15) is 0 Å². The van der Waals surface area contributed by atoms with E-state index in [2.05, 4.69) is 16.3 Å². The number of fused-ring (bicyclic) bond motifs is 1. The Morgan fingerprint density at radius 2 is 2.21 bits per heavy atom. The average Bonchev–Trinajstić information content (AvgIpc) is 2.40. The van der Waals surface area contributed by atoms with Crippen LogP contribution in [-0.4, -0.2) is 11.0 Å². The molecule has 2 aromatic rings. The van der Waals surface area contributed by atoms with E-state index in [9.17, 15) is 9.59 Å². The summed E-state index contributed by atoms with van der Waals surface area (Å²) in [5, 5.41) is 0.307. The number of hydrogen-bond donors (Lipinski definition) is 0. The van der Waals surface area contributed by atoms with Gasteiger partial charge in [-0.15, -0.1) is 0 Å². The van der Waals surface area contributed by atoms with Crippen LogP contribution in [-0.2, 0) is 4.79 Å². The fourth-order valence-corrected chi connectivity index (χ4v) is 1.75. The van der Waals surface area contributed by atoms with Crippen LogP contribution >= 0.6 is 0 Å². The first-order chi connectivity index (χ1) is 9.20. The Morgan fingerprint density at radius 3 is 3.00 bits per heavy atom. The third kappa shape index (κ3) is 3.40. The van der Waals surface area contributed by atoms with Crippen molar-refractivity contribution in [2.75, 3.05) is 0 Å². The first-order valence-corrected chi connectivity index (χ1v) is 6.29. The normalized spacial score (nSPS) is 10.6. The Kier molecular flexibility index (Phi) is 4.28. The first-order valence-electron chi connectivity index (χ1n) is 6.29. The molecule has 0 fully saturated rings. The summed E-state index contributed by atoms with van der Waals surface area (Å²) in [6.07, 6.45) is 4.34. The quantitative estimate of drug-likeness (QED) is 0.470. The molecule has 1 aromatic heterocycles. The molecule has 0 N–H and O–H groups in total. The number of hydrogen-bond acceptors (Lipinski definition) is 5. The molecule has 0 aliphatic rings. The molecule has 0 bridgehead atoms. The molecule has 0 saturated heterocycles. The summed E-state index contributed by atoms with van der Waals surface area (Å²) in [6, 6.07) is 4.72. The highest BCUT2D eigenvalue weighted by Gasteiger charge is 2.07. The second-order valence-corrected chi connectivity index (χ2v) is 4.25. The van der Waals surface area contributed by atoms with E-state index in [0.717, 1.165) is 25.7 Å². The molecule has 1 aromatic carbocycles. The van der Waals surface area contributed by atoms with E-state index >= 15 is 0 Å². The zero-order valence-electron chi connectivity index (χ0n) is 10.7. The van der Waals surface area contributed by atoms with Crippen LogP contribution in [0.1, 0.15) is 32.6 Å². The summed E-state index contributed by atoms with van der Waals surface area (Å²) in [5.41, 5.74) is 0.0240. The van der Waals surface area contributed by atoms with Gasteiger partial charge in [0.2, 0.25) is 0 Å². The van der Waals surface area contributed by atoms with Gasteiger partial charge in [-0.1, -0.05) is 19.8 Å². The minimum absolute atomic E-state index is 0.291. The summed E-state index contributed by atoms with van der Waals surface area (Å²) < 4.78 is 9.85. The second-order valence-electron chi connectivity index (χ2n) is 4.25. The molecule has 0 aliphatic carbocycles. The van der Waals surface area contributed by atoms with Crippen molar-refractivity contribution in [1.82, 2.24) is 4.98 Å². The van der Waals surface area contributed by atoms with Crippen LogP contribution in [0.2, 0.25) is 0 Å². The van der Waals surface area contributed by atoms with Crippen LogP contribution in [0.5, 0.6) is 5.75 Å². The summed E-state index contributed by atoms with van der Waals surface area (Å²) in [6.45, 7) is 2.07. The number of benzene rings is 1. The smallest absolute Gasteiger partial charge is 0.346 e. The Labute approximate surface area is 110 Å². The van der Waals surface area contributed by atoms with Crippen LogP contribution in [0.25, 0.3) is 10.9 Å². The van der Waals surface area contributed by atoms with E-state index in [1.54, 1.807) is 12.1 Å². The van der Waals surface area contributed by atoms with Gasteiger partial charge in [-0.25, -0.2) is 9.78 Å². The third-order valence-electron chi connectivity index (χ3n) is 2.76. The van der Waals surface area contributed by atoms with Gasteiger partial charge >= 0.3 is 11.6 Å². The lowest BCUT2D eigenvalue weighted by Gasteiger charge is -2.04. The second kappa shape index (κ2) is 6.13. The Hall–Kier alpha value is -2.17. The van der Waals surface area contributed by atoms with Crippen LogP contribution in [0, 0.1) is 0 Å². The SMILES string of the molecule is CCCCCC(=O)Oc1ccc2ncoc(=O)c2c1. The molecule has 1 heterocycles. The van der Waals surface area contributed by atoms with Gasteiger partial charge < -0.3 is 9.15 Å². The van der Waals surface area contributed by atoms with Gasteiger partial charge in [0.15, 0.2) is 6.39 Å². The van der Waals surface area contributed by atoms with Crippen LogP contribution < -0.4 is 10.4 Å². The lowest BCUT2D eigenvalue weighted by atomic mass is 10.2. The van der Waals surface area contributed by atoms with E-state index in [-0.39, 0.29) is 5.97 Å². The molecule has 5 heteroatoms. The molecule has 19 heavy (non-hydrogen) atoms. The van der Waals surface area contributed by atoms with Gasteiger partial charge in [0.25, 0.3) is 0 Å². The molecule has 5 nitrogen and oxygen atoms in total. The first kappa shape index (κ1) is 13.3. The number of esters is 1. The van der Waals surface area contributed by atoms with Crippen molar-refractivity contribution in [2.45, 2.75) is 32.6 Å². The Bertz CT molecular complexity index is 633. The Balaban J connectivity index is 2.11. The van der Waals surface area contributed by atoms with Crippen molar-refractivity contribution in [3.8, 4) is 5.75 Å². The van der Waals surface area contributed by atoms with Gasteiger partial charge in [0.05, 0.1) is 10.9 Å². The average molecular weight is 261 g/mol.